The number of nitrogens with one attached hydrogen (secondary N) is 2. The molecule has 0 fully saturated rings. The van der Waals surface area contributed by atoms with E-state index in [1.807, 2.05) is 13.8 Å². The van der Waals surface area contributed by atoms with Crippen LogP contribution in [-0.4, -0.2) is 44.4 Å². The number of halogens is 1. The Balaban J connectivity index is 2.02. The molecule has 0 bridgehead atoms. The van der Waals surface area contributed by atoms with Crippen molar-refractivity contribution < 1.29 is 14.3 Å². The molecular formula is C22H24FN7O2. The van der Waals surface area contributed by atoms with Crippen molar-refractivity contribution in [1.29, 1.82) is 5.26 Å². The van der Waals surface area contributed by atoms with Gasteiger partial charge in [0.1, 0.15) is 12.0 Å². The maximum Gasteiger partial charge on any atom is 0.284 e. The van der Waals surface area contributed by atoms with Gasteiger partial charge in [0.25, 0.3) is 5.91 Å². The van der Waals surface area contributed by atoms with Crippen LogP contribution in [0.1, 0.15) is 30.0 Å². The zero-order chi connectivity index (χ0) is 23.3. The van der Waals surface area contributed by atoms with E-state index in [0.717, 1.165) is 5.69 Å². The van der Waals surface area contributed by atoms with E-state index in [1.54, 1.807) is 36.5 Å². The summed E-state index contributed by atoms with van der Waals surface area (Å²) in [6, 6.07) is 10.9. The standard InChI is InChI=1S/C22H24FN7O2/c1-13(2)28-18-7-20(29-16-5-3-14(8-24)4-6-16)26-9-17(18)19-10-27-22(21(25)32)30(19)11-15(23)12-31/h3-7,9-10,13,15,31H,11-12H2,1-2H3,(H2,25,32)(H2,26,28,29). The van der Waals surface area contributed by atoms with Gasteiger partial charge in [0, 0.05) is 35.2 Å². The van der Waals surface area contributed by atoms with Crippen molar-refractivity contribution in [2.45, 2.75) is 32.6 Å². The molecule has 1 unspecified atom stereocenters. The Hall–Kier alpha value is -3.97. The van der Waals surface area contributed by atoms with E-state index in [1.165, 1.54) is 10.8 Å². The number of aliphatic hydroxyl groups excluding tert-OH is 1. The maximum atomic E-state index is 14.0. The molecule has 1 atom stereocenters. The monoisotopic (exact) mass is 437 g/mol. The van der Waals surface area contributed by atoms with Gasteiger partial charge >= 0.3 is 0 Å². The number of aliphatic hydroxyl groups is 1. The smallest absolute Gasteiger partial charge is 0.284 e. The predicted octanol–water partition coefficient (Wildman–Crippen LogP) is 2.81. The lowest BCUT2D eigenvalue weighted by molar-refractivity contribution is 0.0981. The first-order chi connectivity index (χ1) is 15.3. The molecule has 1 amide bonds. The van der Waals surface area contributed by atoms with Gasteiger partial charge in [-0.2, -0.15) is 5.26 Å². The van der Waals surface area contributed by atoms with Crippen LogP contribution in [0.5, 0.6) is 0 Å². The van der Waals surface area contributed by atoms with Crippen LogP contribution in [0.2, 0.25) is 0 Å². The van der Waals surface area contributed by atoms with E-state index in [9.17, 15) is 9.18 Å². The number of pyridine rings is 1. The summed E-state index contributed by atoms with van der Waals surface area (Å²) in [5.74, 6) is -0.361. The normalized spacial score (nSPS) is 11.8. The van der Waals surface area contributed by atoms with Gasteiger partial charge in [-0.25, -0.2) is 14.4 Å². The number of alkyl halides is 1. The highest BCUT2D eigenvalue weighted by molar-refractivity contribution is 5.91. The molecule has 9 nitrogen and oxygen atoms in total. The van der Waals surface area contributed by atoms with Gasteiger partial charge in [-0.05, 0) is 38.1 Å². The van der Waals surface area contributed by atoms with Crippen LogP contribution >= 0.6 is 0 Å². The second kappa shape index (κ2) is 9.89. The summed E-state index contributed by atoms with van der Waals surface area (Å²) >= 11 is 0. The first-order valence-electron chi connectivity index (χ1n) is 9.96. The molecule has 0 saturated carbocycles. The average molecular weight is 437 g/mol. The number of rotatable bonds is 9. The minimum absolute atomic E-state index is 0.0669. The molecule has 3 aromatic rings. The molecular weight excluding hydrogens is 413 g/mol. The molecule has 0 aliphatic heterocycles. The second-order valence-electron chi connectivity index (χ2n) is 7.45. The average Bonchev–Trinajstić information content (AvgIpc) is 3.17. The third kappa shape index (κ3) is 5.19. The Kier molecular flexibility index (Phi) is 7.02. The van der Waals surface area contributed by atoms with Crippen LogP contribution in [0.15, 0.2) is 42.7 Å². The largest absolute Gasteiger partial charge is 0.393 e. The second-order valence-corrected chi connectivity index (χ2v) is 7.45. The molecule has 0 aliphatic rings. The molecule has 166 valence electrons. The summed E-state index contributed by atoms with van der Waals surface area (Å²) in [6.07, 6.45) is 1.43. The predicted molar refractivity (Wildman–Crippen MR) is 119 cm³/mol. The number of nitrogens with zero attached hydrogens (tertiary/aromatic N) is 4. The Morgan fingerprint density at radius 3 is 2.59 bits per heavy atom. The molecule has 0 spiro atoms. The first-order valence-corrected chi connectivity index (χ1v) is 9.96. The fraction of sp³-hybridized carbons (Fsp3) is 0.273. The summed E-state index contributed by atoms with van der Waals surface area (Å²) in [4.78, 5) is 20.3. The van der Waals surface area contributed by atoms with Gasteiger partial charge < -0.3 is 26.0 Å². The Morgan fingerprint density at radius 1 is 1.28 bits per heavy atom. The molecule has 0 radical (unpaired) electrons. The van der Waals surface area contributed by atoms with Gasteiger partial charge in [0.2, 0.25) is 0 Å². The Morgan fingerprint density at radius 2 is 2.00 bits per heavy atom. The number of benzene rings is 1. The van der Waals surface area contributed by atoms with E-state index in [2.05, 4.69) is 26.7 Å². The minimum atomic E-state index is -1.59. The van der Waals surface area contributed by atoms with Crippen LogP contribution in [-0.2, 0) is 6.54 Å². The van der Waals surface area contributed by atoms with Crippen molar-refractivity contribution >= 4 is 23.1 Å². The van der Waals surface area contributed by atoms with Crippen LogP contribution in [0, 0.1) is 11.3 Å². The zero-order valence-corrected chi connectivity index (χ0v) is 17.7. The number of carbonyl (C=O) groups is 1. The lowest BCUT2D eigenvalue weighted by Crippen LogP contribution is -2.24. The van der Waals surface area contributed by atoms with Crippen LogP contribution in [0.4, 0.5) is 21.6 Å². The molecule has 10 heteroatoms. The molecule has 0 saturated heterocycles. The van der Waals surface area contributed by atoms with Gasteiger partial charge in [0.15, 0.2) is 5.82 Å². The van der Waals surface area contributed by atoms with Crippen LogP contribution < -0.4 is 16.4 Å². The van der Waals surface area contributed by atoms with E-state index >= 15 is 0 Å². The van der Waals surface area contributed by atoms with E-state index in [-0.39, 0.29) is 18.4 Å². The number of primary amides is 1. The summed E-state index contributed by atoms with van der Waals surface area (Å²) in [5.41, 5.74) is 8.42. The highest BCUT2D eigenvalue weighted by atomic mass is 19.1. The highest BCUT2D eigenvalue weighted by Gasteiger charge is 2.21. The molecule has 3 rings (SSSR count). The van der Waals surface area contributed by atoms with E-state index < -0.39 is 18.7 Å². The number of nitriles is 1. The number of aromatic nitrogens is 3. The number of nitrogens with two attached hydrogens (primary N) is 1. The third-order valence-corrected chi connectivity index (χ3v) is 4.57. The molecule has 32 heavy (non-hydrogen) atoms. The summed E-state index contributed by atoms with van der Waals surface area (Å²) in [6.45, 7) is 2.95. The molecule has 1 aromatic carbocycles. The van der Waals surface area contributed by atoms with Crippen LogP contribution in [0.3, 0.4) is 0 Å². The van der Waals surface area contributed by atoms with Gasteiger partial charge in [-0.1, -0.05) is 0 Å². The summed E-state index contributed by atoms with van der Waals surface area (Å²) in [5, 5.41) is 24.6. The van der Waals surface area contributed by atoms with Crippen molar-refractivity contribution in [3.8, 4) is 17.3 Å². The van der Waals surface area contributed by atoms with Gasteiger partial charge in [0.05, 0.1) is 36.7 Å². The number of hydrogen-bond donors (Lipinski definition) is 4. The number of hydrogen-bond acceptors (Lipinski definition) is 7. The molecule has 2 heterocycles. The van der Waals surface area contributed by atoms with Gasteiger partial charge in [-0.3, -0.25) is 4.79 Å². The summed E-state index contributed by atoms with van der Waals surface area (Å²) in [7, 11) is 0. The lowest BCUT2D eigenvalue weighted by atomic mass is 10.1. The van der Waals surface area contributed by atoms with Crippen molar-refractivity contribution in [3.63, 3.8) is 0 Å². The highest BCUT2D eigenvalue weighted by Crippen LogP contribution is 2.32. The number of imidazole rings is 1. The van der Waals surface area contributed by atoms with Crippen molar-refractivity contribution in [3.05, 3.63) is 54.1 Å². The van der Waals surface area contributed by atoms with Crippen molar-refractivity contribution in [1.82, 2.24) is 14.5 Å². The minimum Gasteiger partial charge on any atom is -0.393 e. The van der Waals surface area contributed by atoms with Gasteiger partial charge in [-0.15, -0.1) is 0 Å². The SMILES string of the molecule is CC(C)Nc1cc(Nc2ccc(C#N)cc2)ncc1-c1cnc(C(N)=O)n1CC(F)CO. The quantitative estimate of drug-likeness (QED) is 0.403. The molecule has 5 N–H and O–H groups in total. The van der Waals surface area contributed by atoms with E-state index in [4.69, 9.17) is 16.1 Å². The third-order valence-electron chi connectivity index (χ3n) is 4.57. The number of amides is 1. The van der Waals surface area contributed by atoms with Crippen LogP contribution in [0.25, 0.3) is 11.3 Å². The van der Waals surface area contributed by atoms with Crippen molar-refractivity contribution in [2.24, 2.45) is 5.73 Å². The topological polar surface area (TPSA) is 142 Å². The molecule has 0 aliphatic carbocycles. The Labute approximate surface area is 184 Å². The molecule has 2 aromatic heterocycles. The first kappa shape index (κ1) is 22.7. The van der Waals surface area contributed by atoms with Crippen molar-refractivity contribution in [2.75, 3.05) is 17.2 Å². The number of anilines is 3. The fourth-order valence-electron chi connectivity index (χ4n) is 3.16. The maximum absolute atomic E-state index is 14.0. The fourth-order valence-corrected chi connectivity index (χ4v) is 3.16. The van der Waals surface area contributed by atoms with E-state index in [0.29, 0.717) is 28.3 Å². The summed E-state index contributed by atoms with van der Waals surface area (Å²) < 4.78 is 15.3. The zero-order valence-electron chi connectivity index (χ0n) is 17.7. The Bertz CT molecular complexity index is 1140. The number of carbonyl (C=O) groups excluding carboxylic acids is 1. The lowest BCUT2D eigenvalue weighted by Gasteiger charge is -2.18.